The van der Waals surface area contributed by atoms with Crippen LogP contribution in [0.15, 0.2) is 0 Å². The summed E-state index contributed by atoms with van der Waals surface area (Å²) >= 11 is 0. The van der Waals surface area contributed by atoms with Gasteiger partial charge in [0.05, 0.1) is 0 Å². The Morgan fingerprint density at radius 1 is 0.462 bits per heavy atom. The van der Waals surface area contributed by atoms with E-state index in [1.807, 2.05) is 0 Å². The smallest absolute Gasteiger partial charge is 0.0417 e. The second-order valence-electron chi connectivity index (χ2n) is 8.74. The van der Waals surface area contributed by atoms with Crippen LogP contribution in [0.1, 0.15) is 147 Å². The third-order valence-corrected chi connectivity index (χ3v) is 4.25. The zero-order chi connectivity index (χ0) is 21.4. The highest BCUT2D eigenvalue weighted by molar-refractivity contribution is 4.69. The Labute approximate surface area is 171 Å². The average Bonchev–Trinajstić information content (AvgIpc) is 3.11. The van der Waals surface area contributed by atoms with Crippen LogP contribution >= 0.6 is 0 Å². The van der Waals surface area contributed by atoms with Gasteiger partial charge in [0.25, 0.3) is 0 Å². The first-order chi connectivity index (χ1) is 12.2. The fourth-order valence-electron chi connectivity index (χ4n) is 2.82. The van der Waals surface area contributed by atoms with Gasteiger partial charge in [-0.2, -0.15) is 0 Å². The molecular weight excluding hydrogens is 312 g/mol. The topological polar surface area (TPSA) is 0 Å². The zero-order valence-corrected chi connectivity index (χ0v) is 21.4. The van der Waals surface area contributed by atoms with Crippen molar-refractivity contribution in [1.82, 2.24) is 0 Å². The summed E-state index contributed by atoms with van der Waals surface area (Å²) in [7, 11) is 0. The maximum Gasteiger partial charge on any atom is -0.0417 e. The molecule has 0 heterocycles. The van der Waals surface area contributed by atoms with Gasteiger partial charge in [-0.3, -0.25) is 0 Å². The Morgan fingerprint density at radius 3 is 0.769 bits per heavy atom. The van der Waals surface area contributed by atoms with Gasteiger partial charge in [-0.25, -0.2) is 0 Å². The summed E-state index contributed by atoms with van der Waals surface area (Å²) in [6.45, 7) is 26.4. The third kappa shape index (κ3) is 35.2. The molecule has 164 valence electrons. The lowest BCUT2D eigenvalue weighted by Gasteiger charge is -2.05. The highest BCUT2D eigenvalue weighted by Gasteiger charge is 2.17. The van der Waals surface area contributed by atoms with Crippen molar-refractivity contribution in [3.05, 3.63) is 0 Å². The molecule has 4 unspecified atom stereocenters. The van der Waals surface area contributed by atoms with Gasteiger partial charge in [-0.1, -0.05) is 141 Å². The molecule has 2 fully saturated rings. The lowest BCUT2D eigenvalue weighted by atomic mass is 10.0. The molecular formula is C26H60. The summed E-state index contributed by atoms with van der Waals surface area (Å²) in [6, 6.07) is 0. The van der Waals surface area contributed by atoms with Crippen LogP contribution < -0.4 is 0 Å². The molecule has 26 heavy (non-hydrogen) atoms. The van der Waals surface area contributed by atoms with E-state index in [4.69, 9.17) is 0 Å². The van der Waals surface area contributed by atoms with Crippen molar-refractivity contribution in [3.63, 3.8) is 0 Å². The van der Waals surface area contributed by atoms with E-state index in [2.05, 4.69) is 83.1 Å². The van der Waals surface area contributed by atoms with Crippen molar-refractivity contribution < 1.29 is 0 Å². The lowest BCUT2D eigenvalue weighted by Crippen LogP contribution is -1.95. The maximum absolute atomic E-state index is 2.36. The molecule has 0 radical (unpaired) electrons. The molecule has 0 N–H and O–H groups in total. The Balaban J connectivity index is -0.000000119. The molecule has 2 aliphatic carbocycles. The molecule has 0 aromatic carbocycles. The Bertz CT molecular complexity index is 172. The predicted octanol–water partition coefficient (Wildman–Crippen LogP) is 10.6. The highest BCUT2D eigenvalue weighted by Crippen LogP contribution is 2.30. The zero-order valence-electron chi connectivity index (χ0n) is 21.4. The summed E-state index contributed by atoms with van der Waals surface area (Å²) in [5.41, 5.74) is 0. The Morgan fingerprint density at radius 2 is 0.692 bits per heavy atom. The largest absolute Gasteiger partial charge is 0.0656 e. The first-order valence-corrected chi connectivity index (χ1v) is 12.2. The van der Waals surface area contributed by atoms with Gasteiger partial charge in [0.1, 0.15) is 0 Å². The van der Waals surface area contributed by atoms with Crippen molar-refractivity contribution in [1.29, 1.82) is 0 Å². The third-order valence-electron chi connectivity index (χ3n) is 4.25. The predicted molar refractivity (Wildman–Crippen MR) is 128 cm³/mol. The fraction of sp³-hybridized carbons (Fsp3) is 1.00. The monoisotopic (exact) mass is 372 g/mol. The van der Waals surface area contributed by atoms with Gasteiger partial charge in [-0.15, -0.1) is 0 Å². The van der Waals surface area contributed by atoms with Gasteiger partial charge < -0.3 is 0 Å². The van der Waals surface area contributed by atoms with E-state index in [9.17, 15) is 0 Å². The van der Waals surface area contributed by atoms with Crippen LogP contribution in [0.4, 0.5) is 0 Å². The van der Waals surface area contributed by atoms with E-state index in [0.717, 1.165) is 23.7 Å². The van der Waals surface area contributed by atoms with Crippen LogP contribution in [0.3, 0.4) is 0 Å². The second kappa shape index (κ2) is 29.8. The molecule has 2 saturated carbocycles. The van der Waals surface area contributed by atoms with Gasteiger partial charge in [0, 0.05) is 0 Å². The van der Waals surface area contributed by atoms with E-state index in [0.29, 0.717) is 0 Å². The molecule has 2 aliphatic rings. The summed E-state index contributed by atoms with van der Waals surface area (Å²) in [5.74, 6) is 4.07. The summed E-state index contributed by atoms with van der Waals surface area (Å²) in [5, 5.41) is 0. The standard InChI is InChI=1S/2C7H14.4C3H8/c1-6-3-4-7(2)5-6;1-6-4-3-5-7(6)2;4*1-3-2/h2*6-7H,3-5H2,1-2H3;4*3H2,1-2H3. The molecule has 2 rings (SSSR count). The first kappa shape index (κ1) is 33.6. The molecule has 0 saturated heterocycles. The van der Waals surface area contributed by atoms with E-state index in [1.54, 1.807) is 0 Å². The molecule has 0 aromatic rings. The van der Waals surface area contributed by atoms with E-state index < -0.39 is 0 Å². The lowest BCUT2D eigenvalue weighted by molar-refractivity contribution is 0.457. The van der Waals surface area contributed by atoms with E-state index in [-0.39, 0.29) is 0 Å². The Hall–Kier alpha value is 0. The number of hydrogen-bond acceptors (Lipinski definition) is 0. The normalized spacial score (nSPS) is 25.4. The molecule has 4 atom stereocenters. The van der Waals surface area contributed by atoms with Gasteiger partial charge in [0.15, 0.2) is 0 Å². The van der Waals surface area contributed by atoms with Crippen LogP contribution in [0, 0.1) is 23.7 Å². The minimum atomic E-state index is 1.01. The molecule has 0 amide bonds. The highest BCUT2D eigenvalue weighted by atomic mass is 14.2. The van der Waals surface area contributed by atoms with Gasteiger partial charge >= 0.3 is 0 Å². The van der Waals surface area contributed by atoms with E-state index >= 15 is 0 Å². The van der Waals surface area contributed by atoms with E-state index in [1.165, 1.54) is 64.2 Å². The molecule has 0 aromatic heterocycles. The van der Waals surface area contributed by atoms with Crippen molar-refractivity contribution >= 4 is 0 Å². The molecule has 0 spiro atoms. The van der Waals surface area contributed by atoms with Crippen LogP contribution in [0.2, 0.25) is 0 Å². The fourth-order valence-corrected chi connectivity index (χ4v) is 2.82. The van der Waals surface area contributed by atoms with Crippen LogP contribution in [-0.4, -0.2) is 0 Å². The summed E-state index contributed by atoms with van der Waals surface area (Å²) in [6.07, 6.45) is 13.8. The van der Waals surface area contributed by atoms with Gasteiger partial charge in [0.2, 0.25) is 0 Å². The van der Waals surface area contributed by atoms with Crippen LogP contribution in [0.25, 0.3) is 0 Å². The molecule has 0 nitrogen and oxygen atoms in total. The summed E-state index contributed by atoms with van der Waals surface area (Å²) in [4.78, 5) is 0. The van der Waals surface area contributed by atoms with Crippen molar-refractivity contribution in [2.45, 2.75) is 147 Å². The van der Waals surface area contributed by atoms with Gasteiger partial charge in [-0.05, 0) is 30.1 Å². The molecule has 0 bridgehead atoms. The van der Waals surface area contributed by atoms with Crippen LogP contribution in [-0.2, 0) is 0 Å². The minimum Gasteiger partial charge on any atom is -0.0656 e. The maximum atomic E-state index is 2.36. The first-order valence-electron chi connectivity index (χ1n) is 12.2. The minimum absolute atomic E-state index is 1.01. The van der Waals surface area contributed by atoms with Crippen LogP contribution in [0.5, 0.6) is 0 Å². The number of rotatable bonds is 0. The van der Waals surface area contributed by atoms with Crippen molar-refractivity contribution in [3.8, 4) is 0 Å². The summed E-state index contributed by atoms with van der Waals surface area (Å²) < 4.78 is 0. The molecule has 0 heteroatoms. The number of hydrogen-bond donors (Lipinski definition) is 0. The van der Waals surface area contributed by atoms with Crippen molar-refractivity contribution in [2.24, 2.45) is 23.7 Å². The quantitative estimate of drug-likeness (QED) is 0.396. The van der Waals surface area contributed by atoms with Crippen molar-refractivity contribution in [2.75, 3.05) is 0 Å². The molecule has 0 aliphatic heterocycles. The Kier molecular flexibility index (Phi) is 38.4. The second-order valence-corrected chi connectivity index (χ2v) is 8.74. The average molecular weight is 373 g/mol. The SMILES string of the molecule is CC1CCC(C)C1.CC1CCCC1C.CCC.CCC.CCC.CCC.